The van der Waals surface area contributed by atoms with Gasteiger partial charge in [-0.3, -0.25) is 4.98 Å². The summed E-state index contributed by atoms with van der Waals surface area (Å²) in [6.45, 7) is 0. The van der Waals surface area contributed by atoms with Crippen LogP contribution < -0.4 is 4.74 Å². The van der Waals surface area contributed by atoms with Crippen LogP contribution in [0.5, 0.6) is 11.5 Å². The second kappa shape index (κ2) is 4.20. The van der Waals surface area contributed by atoms with Crippen LogP contribution in [0.2, 0.25) is 0 Å². The third-order valence-corrected chi connectivity index (χ3v) is 4.42. The van der Waals surface area contributed by atoms with Gasteiger partial charge in [0.15, 0.2) is 11.4 Å². The predicted octanol–water partition coefficient (Wildman–Crippen LogP) is 3.65. The van der Waals surface area contributed by atoms with E-state index in [0.29, 0.717) is 17.1 Å². The highest BCUT2D eigenvalue weighted by Gasteiger charge is 2.53. The van der Waals surface area contributed by atoms with Crippen molar-refractivity contribution < 1.29 is 14.3 Å². The molecule has 1 atom stereocenters. The van der Waals surface area contributed by atoms with E-state index in [2.05, 4.69) is 4.98 Å². The molecule has 3 heterocycles. The number of nitrogens with zero attached hydrogens (tertiary/aromatic N) is 1. The van der Waals surface area contributed by atoms with Gasteiger partial charge in [0.1, 0.15) is 5.75 Å². The number of aromatic nitrogens is 1. The minimum absolute atomic E-state index is 0.319. The Morgan fingerprint density at radius 3 is 2.48 bits per heavy atom. The fraction of sp³-hybridized carbons (Fsp3) is 0.0526. The minimum Gasteiger partial charge on any atom is -0.455 e. The van der Waals surface area contributed by atoms with Crippen molar-refractivity contribution in [2.45, 2.75) is 5.60 Å². The van der Waals surface area contributed by atoms with E-state index < -0.39 is 5.60 Å². The molecule has 2 aliphatic rings. The molecule has 0 amide bonds. The summed E-state index contributed by atoms with van der Waals surface area (Å²) in [7, 11) is 0. The molecule has 0 bridgehead atoms. The van der Waals surface area contributed by atoms with Crippen LogP contribution in [0.1, 0.15) is 27.0 Å². The standard InChI is InChI=1S/C19H11NO3/c21-18-12-5-1-2-6-13(12)19(23-18)14-7-3-4-8-16(14)22-17-11-20-10-9-15(17)19/h1-11H. The van der Waals surface area contributed by atoms with Crippen LogP contribution in [-0.4, -0.2) is 11.0 Å². The van der Waals surface area contributed by atoms with Crippen molar-refractivity contribution in [3.05, 3.63) is 89.2 Å². The lowest BCUT2D eigenvalue weighted by Crippen LogP contribution is -2.32. The Morgan fingerprint density at radius 2 is 1.57 bits per heavy atom. The Hall–Kier alpha value is -3.14. The van der Waals surface area contributed by atoms with E-state index in [1.165, 1.54) is 0 Å². The van der Waals surface area contributed by atoms with E-state index in [1.54, 1.807) is 18.5 Å². The van der Waals surface area contributed by atoms with Gasteiger partial charge < -0.3 is 9.47 Å². The Kier molecular flexibility index (Phi) is 2.26. The summed E-state index contributed by atoms with van der Waals surface area (Å²) in [6, 6.07) is 17.0. The maximum atomic E-state index is 12.5. The lowest BCUT2D eigenvalue weighted by molar-refractivity contribution is 0.0224. The van der Waals surface area contributed by atoms with Crippen LogP contribution in [0.25, 0.3) is 0 Å². The molecule has 0 radical (unpaired) electrons. The molecule has 110 valence electrons. The summed E-state index contributed by atoms with van der Waals surface area (Å²) in [5.41, 5.74) is 2.09. The smallest absolute Gasteiger partial charge is 0.340 e. The summed E-state index contributed by atoms with van der Waals surface area (Å²) >= 11 is 0. The van der Waals surface area contributed by atoms with Crippen molar-refractivity contribution in [2.24, 2.45) is 0 Å². The van der Waals surface area contributed by atoms with Crippen molar-refractivity contribution >= 4 is 5.97 Å². The molecule has 5 rings (SSSR count). The van der Waals surface area contributed by atoms with Crippen LogP contribution >= 0.6 is 0 Å². The Bertz CT molecular complexity index is 919. The van der Waals surface area contributed by atoms with Crippen molar-refractivity contribution in [1.29, 1.82) is 0 Å². The number of hydrogen-bond donors (Lipinski definition) is 0. The fourth-order valence-electron chi connectivity index (χ4n) is 3.48. The molecule has 0 N–H and O–H groups in total. The molecule has 0 aliphatic carbocycles. The van der Waals surface area contributed by atoms with Crippen molar-refractivity contribution in [3.63, 3.8) is 0 Å². The van der Waals surface area contributed by atoms with Gasteiger partial charge in [0.05, 0.1) is 17.3 Å². The number of fused-ring (bicyclic) bond motifs is 6. The summed E-state index contributed by atoms with van der Waals surface area (Å²) in [6.07, 6.45) is 3.34. The number of esters is 1. The Morgan fingerprint density at radius 1 is 0.826 bits per heavy atom. The fourth-order valence-corrected chi connectivity index (χ4v) is 3.48. The Labute approximate surface area is 132 Å². The summed E-state index contributed by atoms with van der Waals surface area (Å²) in [4.78, 5) is 16.6. The third kappa shape index (κ3) is 1.45. The minimum atomic E-state index is -0.971. The van der Waals surface area contributed by atoms with Crippen molar-refractivity contribution in [1.82, 2.24) is 4.98 Å². The molecule has 0 fully saturated rings. The normalized spacial score (nSPS) is 20.3. The molecular weight excluding hydrogens is 290 g/mol. The number of benzene rings is 2. The van der Waals surface area contributed by atoms with Crippen molar-refractivity contribution in [2.75, 3.05) is 0 Å². The second-order valence-corrected chi connectivity index (χ2v) is 5.59. The number of carbonyl (C=O) groups is 1. The van der Waals surface area contributed by atoms with Crippen LogP contribution in [-0.2, 0) is 10.3 Å². The molecule has 4 nitrogen and oxygen atoms in total. The van der Waals surface area contributed by atoms with E-state index in [4.69, 9.17) is 9.47 Å². The van der Waals surface area contributed by atoms with Gasteiger partial charge in [0.2, 0.25) is 0 Å². The van der Waals surface area contributed by atoms with E-state index in [9.17, 15) is 4.79 Å². The van der Waals surface area contributed by atoms with E-state index in [1.807, 2.05) is 48.5 Å². The van der Waals surface area contributed by atoms with Crippen LogP contribution in [0.4, 0.5) is 0 Å². The molecule has 2 aromatic carbocycles. The summed E-state index contributed by atoms with van der Waals surface area (Å²) < 4.78 is 11.9. The first-order valence-corrected chi connectivity index (χ1v) is 7.35. The zero-order valence-corrected chi connectivity index (χ0v) is 12.0. The Balaban J connectivity index is 1.93. The summed E-state index contributed by atoms with van der Waals surface area (Å²) in [5.74, 6) is 0.966. The number of hydrogen-bond acceptors (Lipinski definition) is 4. The van der Waals surface area contributed by atoms with Gasteiger partial charge in [-0.1, -0.05) is 36.4 Å². The van der Waals surface area contributed by atoms with Crippen LogP contribution in [0, 0.1) is 0 Å². The van der Waals surface area contributed by atoms with E-state index in [0.717, 1.165) is 16.7 Å². The predicted molar refractivity (Wildman–Crippen MR) is 82.5 cm³/mol. The highest BCUT2D eigenvalue weighted by Crippen LogP contribution is 2.55. The first-order chi connectivity index (χ1) is 11.3. The van der Waals surface area contributed by atoms with Gasteiger partial charge in [-0.15, -0.1) is 0 Å². The van der Waals surface area contributed by atoms with Crippen LogP contribution in [0.15, 0.2) is 67.0 Å². The quantitative estimate of drug-likeness (QED) is 0.595. The van der Waals surface area contributed by atoms with Gasteiger partial charge in [-0.25, -0.2) is 4.79 Å². The first kappa shape index (κ1) is 12.4. The number of para-hydroxylation sites is 1. The van der Waals surface area contributed by atoms with Gasteiger partial charge in [0.25, 0.3) is 0 Å². The third-order valence-electron chi connectivity index (χ3n) is 4.42. The molecule has 1 unspecified atom stereocenters. The largest absolute Gasteiger partial charge is 0.455 e. The molecule has 0 saturated carbocycles. The average molecular weight is 301 g/mol. The first-order valence-electron chi connectivity index (χ1n) is 7.35. The number of pyridine rings is 1. The van der Waals surface area contributed by atoms with E-state index in [-0.39, 0.29) is 5.97 Å². The maximum absolute atomic E-state index is 12.5. The number of carbonyl (C=O) groups excluding carboxylic acids is 1. The van der Waals surface area contributed by atoms with Crippen LogP contribution in [0.3, 0.4) is 0 Å². The molecular formula is C19H11NO3. The van der Waals surface area contributed by atoms with Gasteiger partial charge in [-0.2, -0.15) is 0 Å². The second-order valence-electron chi connectivity index (χ2n) is 5.59. The maximum Gasteiger partial charge on any atom is 0.340 e. The molecule has 3 aromatic rings. The van der Waals surface area contributed by atoms with Crippen molar-refractivity contribution in [3.8, 4) is 11.5 Å². The number of rotatable bonds is 0. The SMILES string of the molecule is O=C1OC2(c3ccccc3Oc3cnccc32)c2ccccc21. The zero-order valence-electron chi connectivity index (χ0n) is 12.0. The average Bonchev–Trinajstić information content (AvgIpc) is 2.90. The molecule has 1 spiro atoms. The molecule has 4 heteroatoms. The molecule has 23 heavy (non-hydrogen) atoms. The molecule has 0 saturated heterocycles. The zero-order chi connectivity index (χ0) is 15.4. The lowest BCUT2D eigenvalue weighted by Gasteiger charge is -2.36. The van der Waals surface area contributed by atoms with Gasteiger partial charge >= 0.3 is 5.97 Å². The van der Waals surface area contributed by atoms with Gasteiger partial charge in [0, 0.05) is 17.3 Å². The van der Waals surface area contributed by atoms with Gasteiger partial charge in [-0.05, 0) is 18.2 Å². The lowest BCUT2D eigenvalue weighted by atomic mass is 9.78. The monoisotopic (exact) mass is 301 g/mol. The summed E-state index contributed by atoms with van der Waals surface area (Å²) in [5, 5.41) is 0. The molecule has 2 aliphatic heterocycles. The topological polar surface area (TPSA) is 48.4 Å². The van der Waals surface area contributed by atoms with E-state index >= 15 is 0 Å². The highest BCUT2D eigenvalue weighted by atomic mass is 16.6. The number of ether oxygens (including phenoxy) is 2. The highest BCUT2D eigenvalue weighted by molar-refractivity contribution is 5.96. The molecule has 1 aromatic heterocycles.